The molecule has 1 aliphatic heterocycles. The van der Waals surface area contributed by atoms with E-state index in [2.05, 4.69) is 10.3 Å². The van der Waals surface area contributed by atoms with Gasteiger partial charge in [0.15, 0.2) is 0 Å². The molecule has 0 unspecified atom stereocenters. The minimum Gasteiger partial charge on any atom is -0.387 e. The van der Waals surface area contributed by atoms with Crippen LogP contribution in [0.1, 0.15) is 31.6 Å². The molecule has 1 fully saturated rings. The zero-order chi connectivity index (χ0) is 13.0. The van der Waals surface area contributed by atoms with Crippen molar-refractivity contribution in [2.24, 2.45) is 0 Å². The summed E-state index contributed by atoms with van der Waals surface area (Å²) in [6.07, 6.45) is 2.81. The summed E-state index contributed by atoms with van der Waals surface area (Å²) in [5.41, 5.74) is 1.61. The van der Waals surface area contributed by atoms with E-state index in [1.54, 1.807) is 6.20 Å². The number of carbonyl (C=O) groups is 1. The molecule has 0 aliphatic carbocycles. The Hall–Kier alpha value is -1.62. The van der Waals surface area contributed by atoms with Gasteiger partial charge in [-0.1, -0.05) is 6.92 Å². The number of nitrogens with one attached hydrogen (secondary N) is 1. The predicted octanol–water partition coefficient (Wildman–Crippen LogP) is 0.851. The zero-order valence-electron chi connectivity index (χ0n) is 10.6. The van der Waals surface area contributed by atoms with Crippen LogP contribution < -0.4 is 10.2 Å². The van der Waals surface area contributed by atoms with E-state index in [0.717, 1.165) is 25.2 Å². The summed E-state index contributed by atoms with van der Waals surface area (Å²) < 4.78 is 0. The van der Waals surface area contributed by atoms with Gasteiger partial charge in [0, 0.05) is 13.1 Å². The van der Waals surface area contributed by atoms with Gasteiger partial charge in [0.2, 0.25) is 5.91 Å². The van der Waals surface area contributed by atoms with Crippen molar-refractivity contribution in [3.8, 4) is 0 Å². The van der Waals surface area contributed by atoms with Gasteiger partial charge in [-0.15, -0.1) is 0 Å². The number of aromatic nitrogens is 1. The first kappa shape index (κ1) is 12.8. The van der Waals surface area contributed by atoms with Crippen molar-refractivity contribution in [1.82, 2.24) is 10.3 Å². The molecule has 0 bridgehead atoms. The molecule has 0 aromatic carbocycles. The number of anilines is 1. The first-order chi connectivity index (χ1) is 8.70. The summed E-state index contributed by atoms with van der Waals surface area (Å²) in [4.78, 5) is 17.7. The lowest BCUT2D eigenvalue weighted by Gasteiger charge is -2.21. The SMILES string of the molecule is CC[C@H](O)c1ccc(N2CCCNC(=O)C2)cn1. The third kappa shape index (κ3) is 2.98. The van der Waals surface area contributed by atoms with E-state index in [9.17, 15) is 9.90 Å². The van der Waals surface area contributed by atoms with Crippen LogP contribution in [0.4, 0.5) is 5.69 Å². The molecule has 1 aliphatic rings. The number of carbonyl (C=O) groups excluding carboxylic acids is 1. The molecular formula is C13H19N3O2. The number of amides is 1. The van der Waals surface area contributed by atoms with Crippen LogP contribution in [0.25, 0.3) is 0 Å². The summed E-state index contributed by atoms with van der Waals surface area (Å²) in [6.45, 7) is 3.86. The Morgan fingerprint density at radius 1 is 1.56 bits per heavy atom. The fourth-order valence-electron chi connectivity index (χ4n) is 2.02. The average molecular weight is 249 g/mol. The molecule has 2 N–H and O–H groups in total. The summed E-state index contributed by atoms with van der Waals surface area (Å²) in [7, 11) is 0. The monoisotopic (exact) mass is 249 g/mol. The van der Waals surface area contributed by atoms with E-state index in [0.29, 0.717) is 18.7 Å². The van der Waals surface area contributed by atoms with Crippen LogP contribution in [0.2, 0.25) is 0 Å². The summed E-state index contributed by atoms with van der Waals surface area (Å²) in [5, 5.41) is 12.5. The minimum absolute atomic E-state index is 0.0465. The number of hydrogen-bond donors (Lipinski definition) is 2. The molecule has 98 valence electrons. The highest BCUT2D eigenvalue weighted by Gasteiger charge is 2.15. The van der Waals surface area contributed by atoms with Crippen LogP contribution >= 0.6 is 0 Å². The first-order valence-corrected chi connectivity index (χ1v) is 6.36. The number of rotatable bonds is 3. The van der Waals surface area contributed by atoms with Gasteiger partial charge in [0.05, 0.1) is 30.2 Å². The van der Waals surface area contributed by atoms with Gasteiger partial charge in [-0.25, -0.2) is 0 Å². The summed E-state index contributed by atoms with van der Waals surface area (Å²) in [5.74, 6) is 0.0465. The number of nitrogens with zero attached hydrogens (tertiary/aromatic N) is 2. The Morgan fingerprint density at radius 2 is 2.39 bits per heavy atom. The van der Waals surface area contributed by atoms with E-state index < -0.39 is 6.10 Å². The van der Waals surface area contributed by atoms with Crippen LogP contribution in [0, 0.1) is 0 Å². The standard InChI is InChI=1S/C13H19N3O2/c1-2-12(17)11-5-4-10(8-15-11)16-7-3-6-14-13(18)9-16/h4-5,8,12,17H,2-3,6-7,9H2,1H3,(H,14,18)/t12-/m0/s1. The smallest absolute Gasteiger partial charge is 0.239 e. The maximum absolute atomic E-state index is 11.5. The Bertz CT molecular complexity index is 405. The van der Waals surface area contributed by atoms with Gasteiger partial charge in [-0.2, -0.15) is 0 Å². The number of hydrogen-bond acceptors (Lipinski definition) is 4. The lowest BCUT2D eigenvalue weighted by atomic mass is 10.2. The van der Waals surface area contributed by atoms with E-state index in [-0.39, 0.29) is 5.91 Å². The highest BCUT2D eigenvalue weighted by Crippen LogP contribution is 2.18. The lowest BCUT2D eigenvalue weighted by Crippen LogP contribution is -2.33. The average Bonchev–Trinajstić information content (AvgIpc) is 2.63. The quantitative estimate of drug-likeness (QED) is 0.833. The Morgan fingerprint density at radius 3 is 3.06 bits per heavy atom. The number of pyridine rings is 1. The number of aliphatic hydroxyl groups is 1. The normalized spacial score (nSPS) is 18.1. The molecule has 2 rings (SSSR count). The van der Waals surface area contributed by atoms with Gasteiger partial charge in [-0.05, 0) is 25.0 Å². The van der Waals surface area contributed by atoms with Crippen molar-refractivity contribution in [1.29, 1.82) is 0 Å². The zero-order valence-corrected chi connectivity index (χ0v) is 10.6. The lowest BCUT2D eigenvalue weighted by molar-refractivity contribution is -0.119. The van der Waals surface area contributed by atoms with Crippen molar-refractivity contribution in [2.75, 3.05) is 24.5 Å². The molecule has 0 radical (unpaired) electrons. The van der Waals surface area contributed by atoms with E-state index in [1.165, 1.54) is 0 Å². The maximum atomic E-state index is 11.5. The molecular weight excluding hydrogens is 230 g/mol. The first-order valence-electron chi connectivity index (χ1n) is 6.36. The molecule has 0 spiro atoms. The van der Waals surface area contributed by atoms with Crippen LogP contribution in [-0.4, -0.2) is 35.6 Å². The van der Waals surface area contributed by atoms with Crippen LogP contribution in [0.3, 0.4) is 0 Å². The Kier molecular flexibility index (Phi) is 4.15. The van der Waals surface area contributed by atoms with Gasteiger partial charge in [0.25, 0.3) is 0 Å². The molecule has 1 saturated heterocycles. The fourth-order valence-corrected chi connectivity index (χ4v) is 2.02. The molecule has 0 saturated carbocycles. The van der Waals surface area contributed by atoms with Crippen molar-refractivity contribution in [2.45, 2.75) is 25.9 Å². The minimum atomic E-state index is -0.508. The molecule has 5 heteroatoms. The highest BCUT2D eigenvalue weighted by molar-refractivity contribution is 5.81. The predicted molar refractivity (Wildman–Crippen MR) is 69.3 cm³/mol. The van der Waals surface area contributed by atoms with Crippen molar-refractivity contribution in [3.05, 3.63) is 24.0 Å². The molecule has 2 heterocycles. The Balaban J connectivity index is 2.10. The molecule has 1 aromatic heterocycles. The van der Waals surface area contributed by atoms with Gasteiger partial charge < -0.3 is 15.3 Å². The van der Waals surface area contributed by atoms with E-state index in [4.69, 9.17) is 0 Å². The third-order valence-electron chi connectivity index (χ3n) is 3.13. The second-order valence-corrected chi connectivity index (χ2v) is 4.49. The summed E-state index contributed by atoms with van der Waals surface area (Å²) >= 11 is 0. The highest BCUT2D eigenvalue weighted by atomic mass is 16.3. The maximum Gasteiger partial charge on any atom is 0.239 e. The molecule has 1 amide bonds. The van der Waals surface area contributed by atoms with E-state index in [1.807, 2.05) is 24.0 Å². The Labute approximate surface area is 107 Å². The topological polar surface area (TPSA) is 65.5 Å². The van der Waals surface area contributed by atoms with Crippen LogP contribution in [0.15, 0.2) is 18.3 Å². The number of aliphatic hydroxyl groups excluding tert-OH is 1. The molecule has 5 nitrogen and oxygen atoms in total. The summed E-state index contributed by atoms with van der Waals surface area (Å²) in [6, 6.07) is 3.74. The van der Waals surface area contributed by atoms with Gasteiger partial charge in [-0.3, -0.25) is 9.78 Å². The van der Waals surface area contributed by atoms with Gasteiger partial charge >= 0.3 is 0 Å². The fraction of sp³-hybridized carbons (Fsp3) is 0.538. The third-order valence-corrected chi connectivity index (χ3v) is 3.13. The molecule has 18 heavy (non-hydrogen) atoms. The van der Waals surface area contributed by atoms with Crippen molar-refractivity contribution >= 4 is 11.6 Å². The second-order valence-electron chi connectivity index (χ2n) is 4.49. The van der Waals surface area contributed by atoms with Crippen molar-refractivity contribution < 1.29 is 9.90 Å². The largest absolute Gasteiger partial charge is 0.387 e. The van der Waals surface area contributed by atoms with Crippen molar-refractivity contribution in [3.63, 3.8) is 0 Å². The molecule has 1 atom stereocenters. The van der Waals surface area contributed by atoms with Gasteiger partial charge in [0.1, 0.15) is 0 Å². The van der Waals surface area contributed by atoms with E-state index >= 15 is 0 Å². The second kappa shape index (κ2) is 5.82. The van der Waals surface area contributed by atoms with Crippen LogP contribution in [0.5, 0.6) is 0 Å². The molecule has 1 aromatic rings. The van der Waals surface area contributed by atoms with Crippen LogP contribution in [-0.2, 0) is 4.79 Å².